The molecule has 0 aromatic heterocycles. The van der Waals surface area contributed by atoms with Gasteiger partial charge in [-0.3, -0.25) is 19.1 Å². The topological polar surface area (TPSA) is 159 Å². The fourth-order valence-electron chi connectivity index (χ4n) is 4.67. The monoisotopic (exact) mass is 468 g/mol. The van der Waals surface area contributed by atoms with Crippen molar-refractivity contribution >= 4 is 27.7 Å². The van der Waals surface area contributed by atoms with E-state index in [1.54, 1.807) is 0 Å². The van der Waals surface area contributed by atoms with Crippen LogP contribution in [0.5, 0.6) is 0 Å². The van der Waals surface area contributed by atoms with Gasteiger partial charge in [-0.2, -0.15) is 0 Å². The number of nitrogens with one attached hydrogen (secondary N) is 2. The standard InChI is InChI=1S/C21H32N4O6S/c22-16-7-5-3-1-2-4-6-13-11-21(13,20(29)24-32(30,31)15-8-9-15)23-18(27)17-10-14(26)12-25(17)19(16)28/h4,6,13-17,26H,1-3,5,7-12,22H2,(H,23,27)(H,24,29)/b6-4-/t13-,14-,16+,17+,21-/m1/s1. The second-order valence-corrected chi connectivity index (χ2v) is 11.5. The van der Waals surface area contributed by atoms with Crippen molar-refractivity contribution in [2.24, 2.45) is 11.7 Å². The maximum absolute atomic E-state index is 13.2. The minimum Gasteiger partial charge on any atom is -0.391 e. The van der Waals surface area contributed by atoms with Gasteiger partial charge in [0, 0.05) is 18.9 Å². The molecule has 2 heterocycles. The molecule has 10 nitrogen and oxygen atoms in total. The van der Waals surface area contributed by atoms with Gasteiger partial charge in [0.1, 0.15) is 11.6 Å². The highest BCUT2D eigenvalue weighted by Gasteiger charge is 2.62. The number of nitrogens with zero attached hydrogens (tertiary/aromatic N) is 1. The number of sulfonamides is 1. The van der Waals surface area contributed by atoms with Gasteiger partial charge in [-0.25, -0.2) is 8.42 Å². The number of hydrogen-bond acceptors (Lipinski definition) is 7. The molecule has 5 atom stereocenters. The second kappa shape index (κ2) is 8.75. The third-order valence-electron chi connectivity index (χ3n) is 6.90. The molecule has 3 fully saturated rings. The third-order valence-corrected chi connectivity index (χ3v) is 8.72. The quantitative estimate of drug-likeness (QED) is 0.398. The van der Waals surface area contributed by atoms with E-state index in [1.165, 1.54) is 4.90 Å². The van der Waals surface area contributed by atoms with Crippen molar-refractivity contribution in [2.75, 3.05) is 6.54 Å². The van der Waals surface area contributed by atoms with Crippen molar-refractivity contribution in [1.82, 2.24) is 14.9 Å². The first-order valence-electron chi connectivity index (χ1n) is 11.4. The highest BCUT2D eigenvalue weighted by Crippen LogP contribution is 2.46. The lowest BCUT2D eigenvalue weighted by Crippen LogP contribution is -2.57. The lowest BCUT2D eigenvalue weighted by molar-refractivity contribution is -0.140. The first-order chi connectivity index (χ1) is 15.1. The summed E-state index contributed by atoms with van der Waals surface area (Å²) in [7, 11) is -3.77. The van der Waals surface area contributed by atoms with Crippen molar-refractivity contribution in [3.8, 4) is 0 Å². The first kappa shape index (κ1) is 23.2. The summed E-state index contributed by atoms with van der Waals surface area (Å²) in [6.45, 7) is 0.00318. The molecule has 0 radical (unpaired) electrons. The Kier molecular flexibility index (Phi) is 6.34. The van der Waals surface area contributed by atoms with Crippen LogP contribution in [0.15, 0.2) is 12.2 Å². The summed E-state index contributed by atoms with van der Waals surface area (Å²) in [5.41, 5.74) is 4.70. The number of carbonyl (C=O) groups excluding carboxylic acids is 3. The van der Waals surface area contributed by atoms with Crippen LogP contribution in [0.25, 0.3) is 0 Å². The van der Waals surface area contributed by atoms with E-state index in [1.807, 2.05) is 12.2 Å². The van der Waals surface area contributed by atoms with Gasteiger partial charge >= 0.3 is 0 Å². The molecule has 2 aliphatic carbocycles. The maximum Gasteiger partial charge on any atom is 0.259 e. The third kappa shape index (κ3) is 4.69. The van der Waals surface area contributed by atoms with Crippen LogP contribution in [-0.4, -0.2) is 71.7 Å². The van der Waals surface area contributed by atoms with E-state index in [0.717, 1.165) is 25.7 Å². The van der Waals surface area contributed by atoms with Crippen LogP contribution in [0.4, 0.5) is 0 Å². The summed E-state index contributed by atoms with van der Waals surface area (Å²) < 4.78 is 26.8. The number of allylic oxidation sites excluding steroid dienone is 1. The Morgan fingerprint density at radius 3 is 2.69 bits per heavy atom. The van der Waals surface area contributed by atoms with Crippen molar-refractivity contribution in [1.29, 1.82) is 0 Å². The van der Waals surface area contributed by atoms with E-state index in [4.69, 9.17) is 5.73 Å². The summed E-state index contributed by atoms with van der Waals surface area (Å²) in [4.78, 5) is 40.4. The molecule has 0 aromatic carbocycles. The van der Waals surface area contributed by atoms with Gasteiger partial charge in [-0.05, 0) is 38.5 Å². The van der Waals surface area contributed by atoms with Gasteiger partial charge < -0.3 is 21.1 Å². The number of nitrogens with two attached hydrogens (primary N) is 1. The summed E-state index contributed by atoms with van der Waals surface area (Å²) in [5, 5.41) is 12.3. The molecule has 1 saturated heterocycles. The molecule has 0 bridgehead atoms. The van der Waals surface area contributed by atoms with Gasteiger partial charge in [-0.15, -0.1) is 0 Å². The van der Waals surface area contributed by atoms with Crippen LogP contribution < -0.4 is 15.8 Å². The van der Waals surface area contributed by atoms with Gasteiger partial charge in [-0.1, -0.05) is 25.0 Å². The van der Waals surface area contributed by atoms with E-state index in [-0.39, 0.29) is 25.3 Å². The van der Waals surface area contributed by atoms with E-state index in [9.17, 15) is 27.9 Å². The molecule has 0 unspecified atom stereocenters. The van der Waals surface area contributed by atoms with Crippen molar-refractivity contribution in [3.05, 3.63) is 12.2 Å². The Bertz CT molecular complexity index is 917. The maximum atomic E-state index is 13.2. The average Bonchev–Trinajstić information content (AvgIpc) is 3.64. The lowest BCUT2D eigenvalue weighted by Gasteiger charge is -2.28. The van der Waals surface area contributed by atoms with Gasteiger partial charge in [0.25, 0.3) is 5.91 Å². The van der Waals surface area contributed by atoms with Crippen molar-refractivity contribution in [3.63, 3.8) is 0 Å². The SMILES string of the molecule is N[C@H]1CCCCC/C=C\[C@@H]2C[C@@]2(C(=O)NS(=O)(=O)C2CC2)NC(=O)[C@@H]2C[C@@H](O)CN2C1=O. The number of carbonyl (C=O) groups is 3. The van der Waals surface area contributed by atoms with Crippen LogP contribution in [0.1, 0.15) is 57.8 Å². The normalized spacial score (nSPS) is 37.4. The van der Waals surface area contributed by atoms with E-state index in [0.29, 0.717) is 19.3 Å². The number of amides is 3. The Hall–Kier alpha value is -1.98. The second-order valence-electron chi connectivity index (χ2n) is 9.52. The lowest BCUT2D eigenvalue weighted by atomic mass is 10.1. The number of fused-ring (bicyclic) bond motifs is 2. The van der Waals surface area contributed by atoms with Crippen LogP contribution in [0.3, 0.4) is 0 Å². The first-order valence-corrected chi connectivity index (χ1v) is 13.0. The molecule has 4 rings (SSSR count). The summed E-state index contributed by atoms with van der Waals surface area (Å²) in [6, 6.07) is -1.71. The number of hydrogen-bond donors (Lipinski definition) is 4. The molecule has 4 aliphatic rings. The van der Waals surface area contributed by atoms with E-state index in [2.05, 4.69) is 10.0 Å². The van der Waals surface area contributed by atoms with Gasteiger partial charge in [0.05, 0.1) is 17.4 Å². The summed E-state index contributed by atoms with van der Waals surface area (Å²) in [5.74, 6) is -2.04. The molecule has 178 valence electrons. The summed E-state index contributed by atoms with van der Waals surface area (Å²) >= 11 is 0. The van der Waals surface area contributed by atoms with Crippen molar-refractivity contribution in [2.45, 2.75) is 86.8 Å². The van der Waals surface area contributed by atoms with Crippen LogP contribution in [-0.2, 0) is 24.4 Å². The largest absolute Gasteiger partial charge is 0.391 e. The Balaban J connectivity index is 1.58. The molecule has 32 heavy (non-hydrogen) atoms. The Morgan fingerprint density at radius 2 is 1.97 bits per heavy atom. The highest BCUT2D eigenvalue weighted by molar-refractivity contribution is 7.91. The smallest absolute Gasteiger partial charge is 0.259 e. The zero-order chi connectivity index (χ0) is 23.1. The fraction of sp³-hybridized carbons (Fsp3) is 0.762. The molecule has 0 aromatic rings. The zero-order valence-corrected chi connectivity index (χ0v) is 18.9. The molecular formula is C21H32N4O6S. The summed E-state index contributed by atoms with van der Waals surface area (Å²) in [6.07, 6.45) is 8.17. The number of rotatable bonds is 3. The zero-order valence-electron chi connectivity index (χ0n) is 18.0. The molecule has 5 N–H and O–H groups in total. The minimum atomic E-state index is -3.77. The van der Waals surface area contributed by atoms with Crippen LogP contribution in [0.2, 0.25) is 0 Å². The number of aliphatic hydroxyl groups excluding tert-OH is 1. The fourth-order valence-corrected chi connectivity index (χ4v) is 6.04. The molecule has 2 saturated carbocycles. The molecule has 0 spiro atoms. The van der Waals surface area contributed by atoms with Crippen LogP contribution in [0, 0.1) is 5.92 Å². The average molecular weight is 469 g/mol. The molecule has 3 amide bonds. The van der Waals surface area contributed by atoms with E-state index >= 15 is 0 Å². The highest BCUT2D eigenvalue weighted by atomic mass is 32.2. The number of aliphatic hydroxyl groups is 1. The van der Waals surface area contributed by atoms with Gasteiger partial charge in [0.15, 0.2) is 0 Å². The van der Waals surface area contributed by atoms with Gasteiger partial charge in [0.2, 0.25) is 21.8 Å². The van der Waals surface area contributed by atoms with Crippen molar-refractivity contribution < 1.29 is 27.9 Å². The molecule has 11 heteroatoms. The van der Waals surface area contributed by atoms with Crippen LogP contribution >= 0.6 is 0 Å². The van der Waals surface area contributed by atoms with E-state index < -0.39 is 56.7 Å². The predicted octanol–water partition coefficient (Wildman–Crippen LogP) is -0.721. The Morgan fingerprint density at radius 1 is 1.22 bits per heavy atom. The Labute approximate surface area is 188 Å². The minimum absolute atomic E-state index is 0.00318. The predicted molar refractivity (Wildman–Crippen MR) is 115 cm³/mol. The molecular weight excluding hydrogens is 436 g/mol. The molecule has 2 aliphatic heterocycles.